The van der Waals surface area contributed by atoms with Crippen molar-refractivity contribution in [2.45, 2.75) is 12.8 Å². The van der Waals surface area contributed by atoms with Gasteiger partial charge in [-0.05, 0) is 18.8 Å². The van der Waals surface area contributed by atoms with Crippen LogP contribution in [0, 0.1) is 5.92 Å². The smallest absolute Gasteiger partial charge is 0.0505 e. The van der Waals surface area contributed by atoms with Gasteiger partial charge in [0.05, 0.1) is 6.61 Å². The molecule has 0 aliphatic carbocycles. The fourth-order valence-electron chi connectivity index (χ4n) is 0.929. The lowest BCUT2D eigenvalue weighted by Gasteiger charge is -2.18. The Balaban J connectivity index is 2.13. The van der Waals surface area contributed by atoms with Crippen LogP contribution in [0.1, 0.15) is 12.8 Å². The standard InChI is InChI=1S/C6H11ClO/c7-4-6-2-1-3-8-5-6/h6H,1-5H2/t6-/m1/s1. The molecule has 0 amide bonds. The fraction of sp³-hybridized carbons (Fsp3) is 1.00. The summed E-state index contributed by atoms with van der Waals surface area (Å²) in [5.41, 5.74) is 0. The number of hydrogen-bond acceptors (Lipinski definition) is 1. The van der Waals surface area contributed by atoms with Gasteiger partial charge in [-0.15, -0.1) is 11.6 Å². The number of hydrogen-bond donors (Lipinski definition) is 0. The molecule has 48 valence electrons. The maximum atomic E-state index is 5.60. The van der Waals surface area contributed by atoms with E-state index in [-0.39, 0.29) is 0 Å². The van der Waals surface area contributed by atoms with Gasteiger partial charge < -0.3 is 4.74 Å². The van der Waals surface area contributed by atoms with Gasteiger partial charge in [-0.1, -0.05) is 0 Å². The van der Waals surface area contributed by atoms with Gasteiger partial charge in [-0.25, -0.2) is 0 Å². The average molecular weight is 135 g/mol. The van der Waals surface area contributed by atoms with Gasteiger partial charge in [0.15, 0.2) is 0 Å². The Morgan fingerprint density at radius 3 is 2.88 bits per heavy atom. The summed E-state index contributed by atoms with van der Waals surface area (Å²) in [7, 11) is 0. The Morgan fingerprint density at radius 1 is 1.62 bits per heavy atom. The molecular formula is C6H11ClO. The van der Waals surface area contributed by atoms with Crippen LogP contribution in [0.3, 0.4) is 0 Å². The Morgan fingerprint density at radius 2 is 2.50 bits per heavy atom. The minimum atomic E-state index is 0.630. The van der Waals surface area contributed by atoms with Crippen molar-refractivity contribution in [3.05, 3.63) is 0 Å². The van der Waals surface area contributed by atoms with Crippen LogP contribution < -0.4 is 0 Å². The van der Waals surface area contributed by atoms with Gasteiger partial charge in [0, 0.05) is 12.5 Å². The van der Waals surface area contributed by atoms with Gasteiger partial charge in [0.25, 0.3) is 0 Å². The summed E-state index contributed by atoms with van der Waals surface area (Å²) < 4.78 is 5.19. The molecule has 0 spiro atoms. The van der Waals surface area contributed by atoms with E-state index in [4.69, 9.17) is 16.3 Å². The van der Waals surface area contributed by atoms with Crippen molar-refractivity contribution in [1.29, 1.82) is 0 Å². The van der Waals surface area contributed by atoms with E-state index in [9.17, 15) is 0 Å². The van der Waals surface area contributed by atoms with Gasteiger partial charge in [-0.2, -0.15) is 0 Å². The first-order chi connectivity index (χ1) is 3.93. The number of alkyl halides is 1. The summed E-state index contributed by atoms with van der Waals surface area (Å²) >= 11 is 5.60. The third-order valence-corrected chi connectivity index (χ3v) is 1.91. The molecular weight excluding hydrogens is 124 g/mol. The van der Waals surface area contributed by atoms with E-state index in [2.05, 4.69) is 0 Å². The zero-order chi connectivity index (χ0) is 5.82. The molecule has 1 atom stereocenters. The second kappa shape index (κ2) is 3.31. The largest absolute Gasteiger partial charge is 0.381 e. The zero-order valence-electron chi connectivity index (χ0n) is 4.90. The van der Waals surface area contributed by atoms with Gasteiger partial charge in [-0.3, -0.25) is 0 Å². The molecule has 0 aromatic rings. The molecule has 1 nitrogen and oxygen atoms in total. The molecule has 0 aromatic heterocycles. The highest BCUT2D eigenvalue weighted by Gasteiger charge is 2.11. The Labute approximate surface area is 55.0 Å². The molecule has 0 unspecified atom stereocenters. The van der Waals surface area contributed by atoms with E-state index >= 15 is 0 Å². The van der Waals surface area contributed by atoms with Crippen LogP contribution >= 0.6 is 11.6 Å². The molecule has 1 saturated heterocycles. The lowest BCUT2D eigenvalue weighted by molar-refractivity contribution is 0.0628. The summed E-state index contributed by atoms with van der Waals surface area (Å²) in [6.07, 6.45) is 2.45. The first kappa shape index (κ1) is 6.37. The van der Waals surface area contributed by atoms with E-state index in [1.807, 2.05) is 0 Å². The molecule has 0 aromatic carbocycles. The summed E-state index contributed by atoms with van der Waals surface area (Å²) in [5, 5.41) is 0. The highest BCUT2D eigenvalue weighted by Crippen LogP contribution is 2.13. The molecule has 8 heavy (non-hydrogen) atoms. The highest BCUT2D eigenvalue weighted by molar-refractivity contribution is 6.18. The van der Waals surface area contributed by atoms with Crippen molar-refractivity contribution >= 4 is 11.6 Å². The van der Waals surface area contributed by atoms with Gasteiger partial charge in [0.1, 0.15) is 0 Å². The second-order valence-corrected chi connectivity index (χ2v) is 2.55. The molecule has 1 aliphatic heterocycles. The maximum absolute atomic E-state index is 5.60. The van der Waals surface area contributed by atoms with E-state index in [0.29, 0.717) is 5.92 Å². The normalized spacial score (nSPS) is 30.4. The Kier molecular flexibility index (Phi) is 2.64. The van der Waals surface area contributed by atoms with Crippen LogP contribution in [0.5, 0.6) is 0 Å². The quantitative estimate of drug-likeness (QED) is 0.496. The topological polar surface area (TPSA) is 9.23 Å². The third kappa shape index (κ3) is 1.64. The van der Waals surface area contributed by atoms with Gasteiger partial charge in [0.2, 0.25) is 0 Å². The van der Waals surface area contributed by atoms with E-state index in [1.165, 1.54) is 12.8 Å². The van der Waals surface area contributed by atoms with Crippen LogP contribution in [-0.4, -0.2) is 19.1 Å². The lowest BCUT2D eigenvalue weighted by Crippen LogP contribution is -2.17. The molecule has 0 saturated carbocycles. The van der Waals surface area contributed by atoms with Crippen molar-refractivity contribution < 1.29 is 4.74 Å². The minimum absolute atomic E-state index is 0.630. The predicted molar refractivity (Wildman–Crippen MR) is 34.3 cm³/mol. The second-order valence-electron chi connectivity index (χ2n) is 2.24. The third-order valence-electron chi connectivity index (χ3n) is 1.47. The summed E-state index contributed by atoms with van der Waals surface area (Å²) in [6.45, 7) is 1.82. The van der Waals surface area contributed by atoms with Crippen LogP contribution in [0.4, 0.5) is 0 Å². The number of rotatable bonds is 1. The Bertz CT molecular complexity index is 59.5. The maximum Gasteiger partial charge on any atom is 0.0505 e. The lowest BCUT2D eigenvalue weighted by atomic mass is 10.1. The minimum Gasteiger partial charge on any atom is -0.381 e. The van der Waals surface area contributed by atoms with E-state index < -0.39 is 0 Å². The molecule has 0 N–H and O–H groups in total. The predicted octanol–water partition coefficient (Wildman–Crippen LogP) is 1.65. The summed E-state index contributed by atoms with van der Waals surface area (Å²) in [5.74, 6) is 1.39. The van der Waals surface area contributed by atoms with E-state index in [0.717, 1.165) is 19.1 Å². The summed E-state index contributed by atoms with van der Waals surface area (Å²) in [6, 6.07) is 0. The SMILES string of the molecule is ClC[C@H]1CCCOC1. The monoisotopic (exact) mass is 134 g/mol. The number of ether oxygens (including phenoxy) is 1. The summed E-state index contributed by atoms with van der Waals surface area (Å²) in [4.78, 5) is 0. The van der Waals surface area contributed by atoms with Crippen LogP contribution in [0.25, 0.3) is 0 Å². The van der Waals surface area contributed by atoms with Crippen molar-refractivity contribution in [3.63, 3.8) is 0 Å². The van der Waals surface area contributed by atoms with E-state index in [1.54, 1.807) is 0 Å². The molecule has 1 heterocycles. The van der Waals surface area contributed by atoms with Crippen molar-refractivity contribution in [3.8, 4) is 0 Å². The zero-order valence-corrected chi connectivity index (χ0v) is 5.66. The molecule has 2 heteroatoms. The fourth-order valence-corrected chi connectivity index (χ4v) is 1.17. The molecule has 0 bridgehead atoms. The first-order valence-electron chi connectivity index (χ1n) is 3.07. The highest BCUT2D eigenvalue weighted by atomic mass is 35.5. The van der Waals surface area contributed by atoms with Crippen molar-refractivity contribution in [2.24, 2.45) is 5.92 Å². The van der Waals surface area contributed by atoms with Crippen molar-refractivity contribution in [1.82, 2.24) is 0 Å². The molecule has 1 rings (SSSR count). The van der Waals surface area contributed by atoms with Crippen LogP contribution in [-0.2, 0) is 4.74 Å². The molecule has 0 radical (unpaired) electrons. The average Bonchev–Trinajstić information content (AvgIpc) is 1.90. The molecule has 1 aliphatic rings. The Hall–Kier alpha value is 0.250. The van der Waals surface area contributed by atoms with Crippen molar-refractivity contribution in [2.75, 3.05) is 19.1 Å². The first-order valence-corrected chi connectivity index (χ1v) is 3.60. The molecule has 1 fully saturated rings. The number of halogens is 1. The van der Waals surface area contributed by atoms with Crippen LogP contribution in [0.2, 0.25) is 0 Å². The van der Waals surface area contributed by atoms with Crippen LogP contribution in [0.15, 0.2) is 0 Å². The van der Waals surface area contributed by atoms with Gasteiger partial charge >= 0.3 is 0 Å².